The number of benzene rings is 1. The number of carboxylic acids is 1. The number of anilines is 1. The zero-order chi connectivity index (χ0) is 10.6. The molecule has 0 radical (unpaired) electrons. The highest BCUT2D eigenvalue weighted by atomic mass is 35.5. The molecule has 14 heavy (non-hydrogen) atoms. The number of carboxylic acid groups (broad SMARTS) is 1. The monoisotopic (exact) mass is 214 g/mol. The molecule has 3 N–H and O–H groups in total. The second-order valence-electron chi connectivity index (χ2n) is 2.39. The van der Waals surface area contributed by atoms with Gasteiger partial charge in [-0.2, -0.15) is 0 Å². The number of rotatable bonds is 2. The lowest BCUT2D eigenvalue weighted by atomic mass is 10.3. The van der Waals surface area contributed by atoms with Crippen molar-refractivity contribution in [1.29, 1.82) is 0 Å². The van der Waals surface area contributed by atoms with Crippen LogP contribution in [-0.2, 0) is 9.59 Å². The molecule has 0 bridgehead atoms. The van der Waals surface area contributed by atoms with E-state index < -0.39 is 11.9 Å². The van der Waals surface area contributed by atoms with Crippen molar-refractivity contribution in [1.82, 2.24) is 5.43 Å². The molecule has 0 aliphatic heterocycles. The van der Waals surface area contributed by atoms with E-state index in [1.54, 1.807) is 24.3 Å². The Morgan fingerprint density at radius 3 is 2.29 bits per heavy atom. The minimum atomic E-state index is -1.55. The van der Waals surface area contributed by atoms with E-state index >= 15 is 0 Å². The molecule has 6 heteroatoms. The summed E-state index contributed by atoms with van der Waals surface area (Å²) >= 11 is 5.62. The number of amides is 1. The summed E-state index contributed by atoms with van der Waals surface area (Å²) < 4.78 is 0. The number of carbonyl (C=O) groups excluding carboxylic acids is 1. The van der Waals surface area contributed by atoms with E-state index in [9.17, 15) is 9.59 Å². The predicted molar refractivity (Wildman–Crippen MR) is 50.9 cm³/mol. The van der Waals surface area contributed by atoms with Crippen molar-refractivity contribution in [2.75, 3.05) is 5.43 Å². The summed E-state index contributed by atoms with van der Waals surface area (Å²) in [7, 11) is 0. The van der Waals surface area contributed by atoms with Crippen molar-refractivity contribution in [2.24, 2.45) is 0 Å². The molecule has 0 saturated carbocycles. The van der Waals surface area contributed by atoms with E-state index in [-0.39, 0.29) is 0 Å². The lowest BCUT2D eigenvalue weighted by molar-refractivity contribution is -0.149. The van der Waals surface area contributed by atoms with E-state index in [2.05, 4.69) is 5.43 Å². The molecule has 0 aromatic heterocycles. The fraction of sp³-hybridized carbons (Fsp3) is 0. The molecule has 1 aromatic rings. The maximum atomic E-state index is 10.6. The van der Waals surface area contributed by atoms with Crippen LogP contribution in [0.25, 0.3) is 0 Å². The second-order valence-corrected chi connectivity index (χ2v) is 2.83. The van der Waals surface area contributed by atoms with Crippen LogP contribution in [0, 0.1) is 0 Å². The molecule has 5 nitrogen and oxygen atoms in total. The van der Waals surface area contributed by atoms with Crippen molar-refractivity contribution in [3.63, 3.8) is 0 Å². The third kappa shape index (κ3) is 2.95. The van der Waals surface area contributed by atoms with Gasteiger partial charge in [0.05, 0.1) is 5.69 Å². The first kappa shape index (κ1) is 10.3. The Morgan fingerprint density at radius 1 is 1.21 bits per heavy atom. The van der Waals surface area contributed by atoms with Crippen LogP contribution in [0.3, 0.4) is 0 Å². The minimum Gasteiger partial charge on any atom is -0.474 e. The molecular weight excluding hydrogens is 208 g/mol. The number of hydrogen-bond acceptors (Lipinski definition) is 3. The van der Waals surface area contributed by atoms with Crippen molar-refractivity contribution < 1.29 is 14.7 Å². The van der Waals surface area contributed by atoms with Gasteiger partial charge < -0.3 is 5.11 Å². The molecule has 0 heterocycles. The second kappa shape index (κ2) is 4.48. The predicted octanol–water partition coefficient (Wildman–Crippen LogP) is 0.868. The van der Waals surface area contributed by atoms with Crippen LogP contribution >= 0.6 is 11.6 Å². The zero-order valence-electron chi connectivity index (χ0n) is 6.95. The Morgan fingerprint density at radius 2 is 1.79 bits per heavy atom. The van der Waals surface area contributed by atoms with Gasteiger partial charge in [0.15, 0.2) is 0 Å². The van der Waals surface area contributed by atoms with Gasteiger partial charge in [0.1, 0.15) is 0 Å². The molecule has 1 amide bonds. The van der Waals surface area contributed by atoms with Crippen LogP contribution in [0.5, 0.6) is 0 Å². The van der Waals surface area contributed by atoms with Gasteiger partial charge in [-0.15, -0.1) is 0 Å². The Hall–Kier alpha value is -1.75. The summed E-state index contributed by atoms with van der Waals surface area (Å²) in [6.45, 7) is 0. The Bertz CT molecular complexity index is 350. The molecule has 1 rings (SSSR count). The average molecular weight is 215 g/mol. The molecule has 74 valence electrons. The lowest BCUT2D eigenvalue weighted by Gasteiger charge is -2.05. The summed E-state index contributed by atoms with van der Waals surface area (Å²) in [6.07, 6.45) is 0. The van der Waals surface area contributed by atoms with Crippen LogP contribution in [0.2, 0.25) is 5.02 Å². The van der Waals surface area contributed by atoms with Gasteiger partial charge in [-0.25, -0.2) is 4.79 Å². The molecular formula is C8H7ClN2O3. The maximum Gasteiger partial charge on any atom is 0.396 e. The van der Waals surface area contributed by atoms with Crippen molar-refractivity contribution in [3.05, 3.63) is 29.3 Å². The van der Waals surface area contributed by atoms with Gasteiger partial charge >= 0.3 is 11.9 Å². The molecule has 0 aliphatic rings. The van der Waals surface area contributed by atoms with Gasteiger partial charge in [-0.1, -0.05) is 11.6 Å². The summed E-state index contributed by atoms with van der Waals surface area (Å²) in [5.74, 6) is -2.67. The number of aliphatic carboxylic acids is 1. The molecule has 0 spiro atoms. The van der Waals surface area contributed by atoms with E-state index in [0.29, 0.717) is 10.7 Å². The molecule has 0 aliphatic carbocycles. The molecule has 0 fully saturated rings. The normalized spacial score (nSPS) is 9.21. The molecule has 0 unspecified atom stereocenters. The highest BCUT2D eigenvalue weighted by molar-refractivity contribution is 6.31. The third-order valence-electron chi connectivity index (χ3n) is 1.36. The fourth-order valence-electron chi connectivity index (χ4n) is 0.716. The van der Waals surface area contributed by atoms with Gasteiger partial charge in [0.25, 0.3) is 0 Å². The Labute approximate surface area is 84.7 Å². The number of hydrazine groups is 1. The third-order valence-corrected chi connectivity index (χ3v) is 1.61. The van der Waals surface area contributed by atoms with Gasteiger partial charge in [0, 0.05) is 5.02 Å². The molecule has 0 atom stereocenters. The number of nitrogens with one attached hydrogen (secondary N) is 2. The summed E-state index contributed by atoms with van der Waals surface area (Å²) in [5, 5.41) is 8.79. The van der Waals surface area contributed by atoms with Gasteiger partial charge in [-0.05, 0) is 24.3 Å². The van der Waals surface area contributed by atoms with Crippen molar-refractivity contribution in [3.8, 4) is 0 Å². The molecule has 0 saturated heterocycles. The number of halogens is 1. The summed E-state index contributed by atoms with van der Waals surface area (Å²) in [5.41, 5.74) is 4.95. The first-order chi connectivity index (χ1) is 6.59. The van der Waals surface area contributed by atoms with Crippen LogP contribution in [0.4, 0.5) is 5.69 Å². The van der Waals surface area contributed by atoms with Crippen molar-refractivity contribution >= 4 is 29.2 Å². The first-order valence-electron chi connectivity index (χ1n) is 3.64. The zero-order valence-corrected chi connectivity index (χ0v) is 7.71. The Balaban J connectivity index is 2.50. The fourth-order valence-corrected chi connectivity index (χ4v) is 0.842. The van der Waals surface area contributed by atoms with E-state index in [4.69, 9.17) is 16.7 Å². The van der Waals surface area contributed by atoms with Gasteiger partial charge in [-0.3, -0.25) is 15.6 Å². The Kier molecular flexibility index (Phi) is 3.30. The van der Waals surface area contributed by atoms with E-state index in [1.165, 1.54) is 0 Å². The first-order valence-corrected chi connectivity index (χ1v) is 4.02. The van der Waals surface area contributed by atoms with Crippen LogP contribution in [0.15, 0.2) is 24.3 Å². The highest BCUT2D eigenvalue weighted by Crippen LogP contribution is 2.12. The minimum absolute atomic E-state index is 0.545. The van der Waals surface area contributed by atoms with Crippen molar-refractivity contribution in [2.45, 2.75) is 0 Å². The van der Waals surface area contributed by atoms with Gasteiger partial charge in [0.2, 0.25) is 0 Å². The largest absolute Gasteiger partial charge is 0.474 e. The number of carbonyl (C=O) groups is 2. The van der Waals surface area contributed by atoms with E-state index in [0.717, 1.165) is 0 Å². The standard InChI is InChI=1S/C8H7ClN2O3/c9-5-1-3-6(4-2-5)10-11-7(12)8(13)14/h1-4,10H,(H,11,12)(H,13,14). The molecule has 1 aromatic carbocycles. The lowest BCUT2D eigenvalue weighted by Crippen LogP contribution is -2.35. The summed E-state index contributed by atoms with van der Waals surface area (Å²) in [4.78, 5) is 20.7. The maximum absolute atomic E-state index is 10.6. The quantitative estimate of drug-likeness (QED) is 0.504. The van der Waals surface area contributed by atoms with Crippen LogP contribution < -0.4 is 10.9 Å². The average Bonchev–Trinajstić information content (AvgIpc) is 2.16. The topological polar surface area (TPSA) is 78.4 Å². The van der Waals surface area contributed by atoms with Crippen LogP contribution in [0.1, 0.15) is 0 Å². The van der Waals surface area contributed by atoms with Crippen LogP contribution in [-0.4, -0.2) is 17.0 Å². The summed E-state index contributed by atoms with van der Waals surface area (Å²) in [6, 6.07) is 6.42. The number of hydrogen-bond donors (Lipinski definition) is 3. The SMILES string of the molecule is O=C(O)C(=O)NNc1ccc(Cl)cc1. The smallest absolute Gasteiger partial charge is 0.396 e. The van der Waals surface area contributed by atoms with E-state index in [1.807, 2.05) is 5.43 Å². The highest BCUT2D eigenvalue weighted by Gasteiger charge is 2.09.